The van der Waals surface area contributed by atoms with Crippen molar-refractivity contribution in [3.05, 3.63) is 65.4 Å². The molecule has 10 nitrogen and oxygen atoms in total. The molecule has 0 unspecified atom stereocenters. The Labute approximate surface area is 214 Å². The summed E-state index contributed by atoms with van der Waals surface area (Å²) in [6.07, 6.45) is 8.34. The van der Waals surface area contributed by atoms with Crippen molar-refractivity contribution in [2.75, 3.05) is 31.6 Å². The van der Waals surface area contributed by atoms with E-state index in [-0.39, 0.29) is 30.6 Å². The van der Waals surface area contributed by atoms with Crippen LogP contribution in [0, 0.1) is 11.3 Å². The van der Waals surface area contributed by atoms with E-state index in [9.17, 15) is 24.8 Å². The first-order chi connectivity index (χ1) is 17.4. The van der Waals surface area contributed by atoms with Crippen LogP contribution in [0.2, 0.25) is 0 Å². The zero-order chi connectivity index (χ0) is 25.9. The van der Waals surface area contributed by atoms with Crippen molar-refractivity contribution in [2.24, 2.45) is 0 Å². The molecule has 0 radical (unpaired) electrons. The number of nitriles is 1. The van der Waals surface area contributed by atoms with Gasteiger partial charge in [0, 0.05) is 43.3 Å². The maximum atomic E-state index is 13.0. The second kappa shape index (κ2) is 13.5. The van der Waals surface area contributed by atoms with Crippen molar-refractivity contribution < 1.29 is 19.5 Å². The lowest BCUT2D eigenvalue weighted by Crippen LogP contribution is -2.46. The number of carbonyl (C=O) groups excluding carboxylic acids is 2. The lowest BCUT2D eigenvalue weighted by atomic mass is 10.1. The summed E-state index contributed by atoms with van der Waals surface area (Å²) in [6.45, 7) is 1.28. The lowest BCUT2D eigenvalue weighted by Gasteiger charge is -2.31. The number of rotatable bonds is 12. The van der Waals surface area contributed by atoms with Gasteiger partial charge in [-0.1, -0.05) is 18.2 Å². The predicted molar refractivity (Wildman–Crippen MR) is 136 cm³/mol. The average molecular weight is 511 g/mol. The zero-order valence-corrected chi connectivity index (χ0v) is 21.0. The molecule has 3 rings (SSSR count). The van der Waals surface area contributed by atoms with Gasteiger partial charge in [-0.25, -0.2) is 9.78 Å². The third-order valence-electron chi connectivity index (χ3n) is 5.92. The highest BCUT2D eigenvalue weighted by atomic mass is 32.2. The molecule has 11 heteroatoms. The van der Waals surface area contributed by atoms with E-state index in [0.717, 1.165) is 24.1 Å². The molecule has 1 atom stereocenters. The lowest BCUT2D eigenvalue weighted by molar-refractivity contribution is -0.135. The molecule has 0 bridgehead atoms. The molecule has 2 amide bonds. The summed E-state index contributed by atoms with van der Waals surface area (Å²) in [6, 6.07) is 9.24. The molecule has 2 aromatic rings. The van der Waals surface area contributed by atoms with Crippen LogP contribution in [0.4, 0.5) is 0 Å². The fourth-order valence-corrected chi connectivity index (χ4v) is 4.58. The normalized spacial score (nSPS) is 15.6. The minimum Gasteiger partial charge on any atom is -0.477 e. The summed E-state index contributed by atoms with van der Waals surface area (Å²) in [5.41, 5.74) is 1.84. The molecular formula is C25H30N6O4S. The first-order valence-electron chi connectivity index (χ1n) is 11.6. The summed E-state index contributed by atoms with van der Waals surface area (Å²) in [5.74, 6) is -1.23. The van der Waals surface area contributed by atoms with Gasteiger partial charge in [0.05, 0.1) is 30.9 Å². The van der Waals surface area contributed by atoms with Gasteiger partial charge in [0.25, 0.3) is 0 Å². The molecule has 36 heavy (non-hydrogen) atoms. The van der Waals surface area contributed by atoms with Gasteiger partial charge in [-0.3, -0.25) is 14.5 Å². The number of aromatic nitrogens is 2. The zero-order valence-electron chi connectivity index (χ0n) is 20.1. The third-order valence-corrected chi connectivity index (χ3v) is 6.42. The van der Waals surface area contributed by atoms with Crippen molar-refractivity contribution >= 4 is 29.5 Å². The highest BCUT2D eigenvalue weighted by molar-refractivity contribution is 7.98. The van der Waals surface area contributed by atoms with Crippen LogP contribution in [0.1, 0.15) is 29.7 Å². The number of carboxylic acids is 1. The van der Waals surface area contributed by atoms with Crippen molar-refractivity contribution in [2.45, 2.75) is 31.8 Å². The van der Waals surface area contributed by atoms with Crippen LogP contribution >= 0.6 is 11.8 Å². The van der Waals surface area contributed by atoms with Crippen LogP contribution in [0.15, 0.2) is 48.6 Å². The number of aliphatic carboxylic acids is 1. The fraction of sp³-hybridized carbons (Fsp3) is 0.400. The van der Waals surface area contributed by atoms with E-state index in [1.165, 1.54) is 24.2 Å². The molecule has 190 valence electrons. The summed E-state index contributed by atoms with van der Waals surface area (Å²) in [4.78, 5) is 48.0. The molecule has 1 aromatic heterocycles. The van der Waals surface area contributed by atoms with Gasteiger partial charge in [-0.15, -0.1) is 0 Å². The first kappa shape index (κ1) is 27.0. The number of amides is 2. The van der Waals surface area contributed by atoms with E-state index in [4.69, 9.17) is 0 Å². The van der Waals surface area contributed by atoms with E-state index in [2.05, 4.69) is 21.4 Å². The van der Waals surface area contributed by atoms with Crippen molar-refractivity contribution in [1.29, 1.82) is 5.26 Å². The van der Waals surface area contributed by atoms with Gasteiger partial charge < -0.3 is 20.3 Å². The monoisotopic (exact) mass is 510 g/mol. The highest BCUT2D eigenvalue weighted by Gasteiger charge is 2.31. The van der Waals surface area contributed by atoms with Crippen LogP contribution in [-0.4, -0.2) is 80.3 Å². The Bertz CT molecular complexity index is 1130. The van der Waals surface area contributed by atoms with Crippen LogP contribution < -0.4 is 5.32 Å². The minimum atomic E-state index is -1.20. The van der Waals surface area contributed by atoms with Gasteiger partial charge in [-0.05, 0) is 36.8 Å². The molecule has 0 saturated carbocycles. The number of carbonyl (C=O) groups is 3. The third kappa shape index (κ3) is 7.69. The van der Waals surface area contributed by atoms with Crippen LogP contribution in [0.5, 0.6) is 0 Å². The molecule has 2 heterocycles. The molecule has 1 fully saturated rings. The molecule has 1 saturated heterocycles. The SMILES string of the molecule is CSC/C=C(/NC(=O)CN(Cc1ccccc1C#N)C[C@@H]1CCCN1C(=O)Cc1cnc[nH]1)C(=O)O. The second-order valence-electron chi connectivity index (χ2n) is 8.50. The molecule has 0 spiro atoms. The first-order valence-corrected chi connectivity index (χ1v) is 13.0. The maximum absolute atomic E-state index is 13.0. The quantitative estimate of drug-likeness (QED) is 0.367. The van der Waals surface area contributed by atoms with E-state index in [1.54, 1.807) is 18.3 Å². The number of H-pyrrole nitrogens is 1. The second-order valence-corrected chi connectivity index (χ2v) is 9.41. The Morgan fingerprint density at radius 2 is 2.19 bits per heavy atom. The molecule has 3 N–H and O–H groups in total. The number of nitrogens with zero attached hydrogens (tertiary/aromatic N) is 4. The summed E-state index contributed by atoms with van der Waals surface area (Å²) in [7, 11) is 0. The highest BCUT2D eigenvalue weighted by Crippen LogP contribution is 2.21. The molecule has 1 aliphatic heterocycles. The minimum absolute atomic E-state index is 0.0169. The number of benzene rings is 1. The smallest absolute Gasteiger partial charge is 0.352 e. The Morgan fingerprint density at radius 1 is 1.39 bits per heavy atom. The number of hydrogen-bond donors (Lipinski definition) is 3. The van der Waals surface area contributed by atoms with E-state index in [1.807, 2.05) is 28.2 Å². The van der Waals surface area contributed by atoms with Crippen molar-refractivity contribution in [3.63, 3.8) is 0 Å². The number of carboxylic acid groups (broad SMARTS) is 1. The summed E-state index contributed by atoms with van der Waals surface area (Å²) in [5, 5.41) is 21.4. The Morgan fingerprint density at radius 3 is 2.89 bits per heavy atom. The van der Waals surface area contributed by atoms with Crippen LogP contribution in [0.25, 0.3) is 0 Å². The van der Waals surface area contributed by atoms with Gasteiger partial charge in [0.2, 0.25) is 11.8 Å². The number of nitrogens with one attached hydrogen (secondary N) is 2. The van der Waals surface area contributed by atoms with Gasteiger partial charge in [0.15, 0.2) is 0 Å². The number of imidazole rings is 1. The average Bonchev–Trinajstić information content (AvgIpc) is 3.54. The number of likely N-dealkylation sites (tertiary alicyclic amines) is 1. The Hall–Kier alpha value is -3.62. The topological polar surface area (TPSA) is 142 Å². The largest absolute Gasteiger partial charge is 0.477 e. The standard InChI is InChI=1S/C25H30N6O4S/c1-36-10-8-22(25(34)35)29-23(32)16-30(14-19-6-3-2-5-18(19)12-26)15-21-7-4-9-31(21)24(33)11-20-13-27-17-28-20/h2-3,5-6,8,13,17,21H,4,7,9-11,14-16H2,1H3,(H,27,28)(H,29,32)(H,34,35)/b22-8+/t21-/m0/s1. The number of aromatic amines is 1. The maximum Gasteiger partial charge on any atom is 0.352 e. The van der Waals surface area contributed by atoms with Crippen molar-refractivity contribution in [3.8, 4) is 6.07 Å². The molecule has 0 aliphatic carbocycles. The van der Waals surface area contributed by atoms with E-state index >= 15 is 0 Å². The summed E-state index contributed by atoms with van der Waals surface area (Å²) >= 11 is 1.44. The Kier molecular flexibility index (Phi) is 10.1. The van der Waals surface area contributed by atoms with E-state index in [0.29, 0.717) is 31.0 Å². The molecule has 1 aromatic carbocycles. The predicted octanol–water partition coefficient (Wildman–Crippen LogP) is 1.76. The van der Waals surface area contributed by atoms with E-state index < -0.39 is 11.9 Å². The van der Waals surface area contributed by atoms with Crippen LogP contribution in [-0.2, 0) is 27.3 Å². The van der Waals surface area contributed by atoms with Crippen molar-refractivity contribution in [1.82, 2.24) is 25.1 Å². The van der Waals surface area contributed by atoms with Gasteiger partial charge >= 0.3 is 5.97 Å². The number of hydrogen-bond acceptors (Lipinski definition) is 7. The van der Waals surface area contributed by atoms with Gasteiger partial charge in [-0.2, -0.15) is 17.0 Å². The van der Waals surface area contributed by atoms with Crippen LogP contribution in [0.3, 0.4) is 0 Å². The Balaban J connectivity index is 1.75. The molecule has 1 aliphatic rings. The summed E-state index contributed by atoms with van der Waals surface area (Å²) < 4.78 is 0. The van der Waals surface area contributed by atoms with Gasteiger partial charge in [0.1, 0.15) is 5.70 Å². The molecular weight excluding hydrogens is 480 g/mol. The number of thioether (sulfide) groups is 1. The fourth-order valence-electron chi connectivity index (χ4n) is 4.24.